The van der Waals surface area contributed by atoms with Crippen molar-refractivity contribution in [2.45, 2.75) is 37.6 Å². The topological polar surface area (TPSA) is 105 Å². The summed E-state index contributed by atoms with van der Waals surface area (Å²) in [6.45, 7) is 4.41. The summed E-state index contributed by atoms with van der Waals surface area (Å²) >= 11 is 0. The Morgan fingerprint density at radius 1 is 1.29 bits per heavy atom. The number of halogens is 1. The minimum absolute atomic E-state index is 0. The molecule has 0 spiro atoms. The molecule has 0 aliphatic rings. The van der Waals surface area contributed by atoms with Gasteiger partial charge >= 0.3 is 0 Å². The second-order valence-corrected chi connectivity index (χ2v) is 7.74. The van der Waals surface area contributed by atoms with Crippen LogP contribution in [-0.4, -0.2) is 45.3 Å². The Morgan fingerprint density at radius 2 is 1.92 bits per heavy atom. The van der Waals surface area contributed by atoms with E-state index in [2.05, 4.69) is 10.6 Å². The molecule has 1 unspecified atom stereocenters. The molecule has 9 heteroatoms. The molecule has 1 rings (SSSR count). The van der Waals surface area contributed by atoms with Crippen LogP contribution in [0.5, 0.6) is 0 Å². The molecular formula is C15H27ClN4O3S. The summed E-state index contributed by atoms with van der Waals surface area (Å²) in [7, 11) is -0.625. The highest BCUT2D eigenvalue weighted by atomic mass is 35.5. The van der Waals surface area contributed by atoms with E-state index in [1.807, 2.05) is 13.8 Å². The van der Waals surface area contributed by atoms with Crippen LogP contribution in [0.3, 0.4) is 0 Å². The maximum absolute atomic E-state index is 12.2. The number of carbonyl (C=O) groups is 1. The van der Waals surface area contributed by atoms with Crippen molar-refractivity contribution in [1.29, 1.82) is 0 Å². The minimum atomic E-state index is -3.56. The lowest BCUT2D eigenvalue weighted by molar-refractivity contribution is -0.116. The highest BCUT2D eigenvalue weighted by Gasteiger charge is 2.19. The third-order valence-corrected chi connectivity index (χ3v) is 5.05. The van der Waals surface area contributed by atoms with Crippen LogP contribution < -0.4 is 16.4 Å². The summed E-state index contributed by atoms with van der Waals surface area (Å²) in [6.07, 6.45) is 0.853. The summed E-state index contributed by atoms with van der Waals surface area (Å²) < 4.78 is 25.6. The van der Waals surface area contributed by atoms with E-state index in [4.69, 9.17) is 5.73 Å². The predicted molar refractivity (Wildman–Crippen MR) is 100 cm³/mol. The number of nitrogens with zero attached hydrogens (tertiary/aromatic N) is 1. The van der Waals surface area contributed by atoms with Crippen LogP contribution in [0, 0.1) is 0 Å². The van der Waals surface area contributed by atoms with Gasteiger partial charge in [0, 0.05) is 33.1 Å². The first kappa shape index (κ1) is 22.6. The first-order valence-corrected chi connectivity index (χ1v) is 8.98. The van der Waals surface area contributed by atoms with E-state index >= 15 is 0 Å². The average Bonchev–Trinajstić information content (AvgIpc) is 2.46. The van der Waals surface area contributed by atoms with Crippen molar-refractivity contribution in [1.82, 2.24) is 4.31 Å². The summed E-state index contributed by atoms with van der Waals surface area (Å²) in [5.74, 6) is -0.194. The highest BCUT2D eigenvalue weighted by Crippen LogP contribution is 2.27. The summed E-state index contributed by atoms with van der Waals surface area (Å²) in [5.41, 5.74) is 6.78. The van der Waals surface area contributed by atoms with Gasteiger partial charge in [0.15, 0.2) is 0 Å². The van der Waals surface area contributed by atoms with E-state index in [9.17, 15) is 13.2 Å². The van der Waals surface area contributed by atoms with Crippen molar-refractivity contribution in [2.75, 3.05) is 31.3 Å². The number of amides is 1. The predicted octanol–water partition coefficient (Wildman–Crippen LogP) is 1.86. The van der Waals surface area contributed by atoms with Crippen LogP contribution in [-0.2, 0) is 14.8 Å². The maximum Gasteiger partial charge on any atom is 0.242 e. The second kappa shape index (κ2) is 9.83. The molecule has 0 saturated heterocycles. The van der Waals surface area contributed by atoms with Gasteiger partial charge in [-0.05, 0) is 38.5 Å². The number of hydrogen-bond donors (Lipinski definition) is 3. The molecule has 0 saturated carbocycles. The summed E-state index contributed by atoms with van der Waals surface area (Å²) in [6, 6.07) is 4.58. The first-order chi connectivity index (χ1) is 10.7. The van der Waals surface area contributed by atoms with Crippen LogP contribution in [0.4, 0.5) is 11.4 Å². The number of carbonyl (C=O) groups excluding carboxylic acids is 1. The van der Waals surface area contributed by atoms with E-state index in [0.717, 1.165) is 4.31 Å². The van der Waals surface area contributed by atoms with E-state index in [-0.39, 0.29) is 35.7 Å². The van der Waals surface area contributed by atoms with Gasteiger partial charge in [0.1, 0.15) is 0 Å². The molecule has 7 nitrogen and oxygen atoms in total. The molecule has 0 radical (unpaired) electrons. The van der Waals surface area contributed by atoms with E-state index in [0.29, 0.717) is 24.3 Å². The molecule has 0 aliphatic carbocycles. The lowest BCUT2D eigenvalue weighted by Gasteiger charge is -2.16. The standard InChI is InChI=1S/C15H26N4O3S.ClH/c1-5-17-13-8-7-12(23(21,22)19(3)4)10-14(13)18-15(20)9-6-11(2)16;/h7-8,10-11,17H,5-6,9,16H2,1-4H3,(H,18,20);1H. The molecule has 1 aromatic rings. The first-order valence-electron chi connectivity index (χ1n) is 7.54. The van der Waals surface area contributed by atoms with Crippen molar-refractivity contribution in [3.05, 3.63) is 18.2 Å². The maximum atomic E-state index is 12.2. The van der Waals surface area contributed by atoms with Gasteiger partial charge in [0.25, 0.3) is 0 Å². The van der Waals surface area contributed by atoms with Gasteiger partial charge < -0.3 is 16.4 Å². The number of nitrogens with one attached hydrogen (secondary N) is 2. The number of hydrogen-bond acceptors (Lipinski definition) is 5. The molecule has 4 N–H and O–H groups in total. The zero-order valence-corrected chi connectivity index (χ0v) is 16.1. The number of sulfonamides is 1. The third kappa shape index (κ3) is 6.27. The van der Waals surface area contributed by atoms with Crippen molar-refractivity contribution in [2.24, 2.45) is 5.73 Å². The van der Waals surface area contributed by atoms with E-state index < -0.39 is 10.0 Å². The molecule has 0 heterocycles. The van der Waals surface area contributed by atoms with Crippen LogP contribution in [0.15, 0.2) is 23.1 Å². The van der Waals surface area contributed by atoms with Gasteiger partial charge in [0.2, 0.25) is 15.9 Å². The average molecular weight is 379 g/mol. The number of nitrogens with two attached hydrogens (primary N) is 1. The van der Waals surface area contributed by atoms with Crippen molar-refractivity contribution >= 4 is 39.7 Å². The van der Waals surface area contributed by atoms with Gasteiger partial charge in [-0.1, -0.05) is 0 Å². The van der Waals surface area contributed by atoms with Gasteiger partial charge in [-0.3, -0.25) is 4.79 Å². The Hall–Kier alpha value is -1.35. The third-order valence-electron chi connectivity index (χ3n) is 3.24. The van der Waals surface area contributed by atoms with E-state index in [1.165, 1.54) is 26.2 Å². The number of anilines is 2. The quantitative estimate of drug-likeness (QED) is 0.640. The molecule has 24 heavy (non-hydrogen) atoms. The van der Waals surface area contributed by atoms with Gasteiger partial charge in [-0.2, -0.15) is 0 Å². The van der Waals surface area contributed by atoms with Crippen LogP contribution >= 0.6 is 12.4 Å². The fourth-order valence-corrected chi connectivity index (χ4v) is 2.84. The zero-order valence-electron chi connectivity index (χ0n) is 14.5. The fraction of sp³-hybridized carbons (Fsp3) is 0.533. The molecule has 0 fully saturated rings. The fourth-order valence-electron chi connectivity index (χ4n) is 1.91. The largest absolute Gasteiger partial charge is 0.384 e. The lowest BCUT2D eigenvalue weighted by atomic mass is 10.2. The highest BCUT2D eigenvalue weighted by molar-refractivity contribution is 7.89. The van der Waals surface area contributed by atoms with Crippen LogP contribution in [0.25, 0.3) is 0 Å². The molecule has 138 valence electrons. The molecule has 1 aromatic carbocycles. The van der Waals surface area contributed by atoms with Gasteiger partial charge in [-0.25, -0.2) is 12.7 Å². The Balaban J connectivity index is 0.00000529. The van der Waals surface area contributed by atoms with Gasteiger partial charge in [-0.15, -0.1) is 12.4 Å². The van der Waals surface area contributed by atoms with Crippen molar-refractivity contribution < 1.29 is 13.2 Å². The lowest BCUT2D eigenvalue weighted by Crippen LogP contribution is -2.23. The molecule has 0 bridgehead atoms. The molecule has 0 aromatic heterocycles. The molecule has 1 amide bonds. The number of benzene rings is 1. The number of rotatable bonds is 8. The molecular weight excluding hydrogens is 352 g/mol. The van der Waals surface area contributed by atoms with E-state index in [1.54, 1.807) is 6.07 Å². The monoisotopic (exact) mass is 378 g/mol. The Labute approximate surface area is 150 Å². The summed E-state index contributed by atoms with van der Waals surface area (Å²) in [4.78, 5) is 12.1. The molecule has 0 aliphatic heterocycles. The zero-order chi connectivity index (χ0) is 17.6. The van der Waals surface area contributed by atoms with Crippen LogP contribution in [0.1, 0.15) is 26.7 Å². The second-order valence-electron chi connectivity index (χ2n) is 5.59. The Morgan fingerprint density at radius 3 is 2.42 bits per heavy atom. The smallest absolute Gasteiger partial charge is 0.242 e. The van der Waals surface area contributed by atoms with Crippen molar-refractivity contribution in [3.8, 4) is 0 Å². The SMILES string of the molecule is CCNc1ccc(S(=O)(=O)N(C)C)cc1NC(=O)CCC(C)N.Cl. The Kier molecular flexibility index (Phi) is 9.27. The normalized spacial score (nSPS) is 12.4. The summed E-state index contributed by atoms with van der Waals surface area (Å²) in [5, 5.41) is 5.87. The van der Waals surface area contributed by atoms with Crippen molar-refractivity contribution in [3.63, 3.8) is 0 Å². The van der Waals surface area contributed by atoms with Crippen LogP contribution in [0.2, 0.25) is 0 Å². The van der Waals surface area contributed by atoms with Gasteiger partial charge in [0.05, 0.1) is 16.3 Å². The Bertz CT molecular complexity index is 648. The minimum Gasteiger partial charge on any atom is -0.384 e. The molecule has 1 atom stereocenters.